The summed E-state index contributed by atoms with van der Waals surface area (Å²) in [6, 6.07) is 10.5. The lowest BCUT2D eigenvalue weighted by Gasteiger charge is -2.31. The van der Waals surface area contributed by atoms with Crippen molar-refractivity contribution in [2.45, 2.75) is 26.3 Å². The third-order valence-electron chi connectivity index (χ3n) is 4.87. The summed E-state index contributed by atoms with van der Waals surface area (Å²) in [6.07, 6.45) is 3.60. The number of carbonyl (C=O) groups excluding carboxylic acids is 3. The second-order valence-corrected chi connectivity index (χ2v) is 7.23. The van der Waals surface area contributed by atoms with Gasteiger partial charge in [0.1, 0.15) is 5.76 Å². The van der Waals surface area contributed by atoms with Crippen LogP contribution in [0.2, 0.25) is 0 Å². The molecule has 0 saturated carbocycles. The summed E-state index contributed by atoms with van der Waals surface area (Å²) in [5.74, 6) is -0.284. The molecule has 3 N–H and O–H groups in total. The van der Waals surface area contributed by atoms with Crippen molar-refractivity contribution in [2.24, 2.45) is 5.92 Å². The number of furan rings is 1. The average molecular weight is 398 g/mol. The molecule has 1 fully saturated rings. The monoisotopic (exact) mass is 398 g/mol. The van der Waals surface area contributed by atoms with Crippen molar-refractivity contribution in [3.05, 3.63) is 48.4 Å². The Balaban J connectivity index is 1.39. The van der Waals surface area contributed by atoms with E-state index in [4.69, 9.17) is 4.42 Å². The molecule has 0 atom stereocenters. The number of carbonyl (C=O) groups is 3. The minimum absolute atomic E-state index is 0.207. The molecule has 1 aromatic carbocycles. The fraction of sp³-hybridized carbons (Fsp3) is 0.381. The Labute approximate surface area is 169 Å². The number of hydrogen-bond donors (Lipinski definition) is 3. The number of nitrogens with zero attached hydrogens (tertiary/aromatic N) is 1. The van der Waals surface area contributed by atoms with E-state index in [0.29, 0.717) is 23.8 Å². The molecule has 1 aliphatic heterocycles. The van der Waals surface area contributed by atoms with E-state index in [-0.39, 0.29) is 5.91 Å². The first-order valence-corrected chi connectivity index (χ1v) is 9.71. The molecule has 1 aromatic heterocycles. The molecule has 0 bridgehead atoms. The van der Waals surface area contributed by atoms with Crippen LogP contribution >= 0.6 is 0 Å². The molecule has 0 spiro atoms. The summed E-state index contributed by atoms with van der Waals surface area (Å²) in [5.41, 5.74) is 1.000. The summed E-state index contributed by atoms with van der Waals surface area (Å²) >= 11 is 0. The molecular weight excluding hydrogens is 372 g/mol. The quantitative estimate of drug-likeness (QED) is 0.647. The van der Waals surface area contributed by atoms with Crippen LogP contribution < -0.4 is 16.0 Å². The van der Waals surface area contributed by atoms with E-state index in [1.165, 1.54) is 6.92 Å². The lowest BCUT2D eigenvalue weighted by atomic mass is 9.96. The SMILES string of the molecule is CC(=O)Nc1cccc(NC(=O)C(=O)NCC2CCN(Cc3ccco3)CC2)c1. The Bertz CT molecular complexity index is 842. The number of anilines is 2. The molecule has 1 saturated heterocycles. The molecule has 29 heavy (non-hydrogen) atoms. The number of hydrogen-bond acceptors (Lipinski definition) is 5. The fourth-order valence-electron chi connectivity index (χ4n) is 3.35. The van der Waals surface area contributed by atoms with Crippen molar-refractivity contribution in [1.29, 1.82) is 0 Å². The largest absolute Gasteiger partial charge is 0.468 e. The van der Waals surface area contributed by atoms with Crippen molar-refractivity contribution in [3.63, 3.8) is 0 Å². The lowest BCUT2D eigenvalue weighted by Crippen LogP contribution is -2.41. The number of piperidine rings is 1. The van der Waals surface area contributed by atoms with Gasteiger partial charge in [0.15, 0.2) is 0 Å². The number of nitrogens with one attached hydrogen (secondary N) is 3. The molecule has 0 unspecified atom stereocenters. The van der Waals surface area contributed by atoms with Gasteiger partial charge in [-0.1, -0.05) is 6.07 Å². The maximum Gasteiger partial charge on any atom is 0.313 e. The Morgan fingerprint density at radius 2 is 1.76 bits per heavy atom. The normalized spacial score (nSPS) is 14.9. The minimum Gasteiger partial charge on any atom is -0.468 e. The molecule has 154 valence electrons. The van der Waals surface area contributed by atoms with Crippen molar-refractivity contribution in [1.82, 2.24) is 10.2 Å². The zero-order valence-electron chi connectivity index (χ0n) is 16.4. The molecule has 2 heterocycles. The third-order valence-corrected chi connectivity index (χ3v) is 4.87. The van der Waals surface area contributed by atoms with Crippen LogP contribution in [0.5, 0.6) is 0 Å². The van der Waals surface area contributed by atoms with Gasteiger partial charge in [-0.25, -0.2) is 0 Å². The molecule has 0 aliphatic carbocycles. The van der Waals surface area contributed by atoms with E-state index in [1.807, 2.05) is 12.1 Å². The van der Waals surface area contributed by atoms with E-state index in [1.54, 1.807) is 30.5 Å². The first-order chi connectivity index (χ1) is 14.0. The summed E-state index contributed by atoms with van der Waals surface area (Å²) in [5, 5.41) is 7.91. The molecule has 8 nitrogen and oxygen atoms in total. The van der Waals surface area contributed by atoms with Crippen molar-refractivity contribution in [2.75, 3.05) is 30.3 Å². The van der Waals surface area contributed by atoms with Gasteiger partial charge in [-0.05, 0) is 62.2 Å². The fourth-order valence-corrected chi connectivity index (χ4v) is 3.35. The van der Waals surface area contributed by atoms with Gasteiger partial charge >= 0.3 is 11.8 Å². The van der Waals surface area contributed by atoms with Gasteiger partial charge in [0.05, 0.1) is 12.8 Å². The second kappa shape index (κ2) is 9.88. The van der Waals surface area contributed by atoms with Crippen LogP contribution in [0.15, 0.2) is 47.1 Å². The highest BCUT2D eigenvalue weighted by atomic mass is 16.3. The summed E-state index contributed by atoms with van der Waals surface area (Å²) < 4.78 is 5.38. The van der Waals surface area contributed by atoms with Crippen LogP contribution in [-0.4, -0.2) is 42.3 Å². The van der Waals surface area contributed by atoms with E-state index in [0.717, 1.165) is 38.2 Å². The van der Waals surface area contributed by atoms with Crippen LogP contribution in [0.3, 0.4) is 0 Å². The third kappa shape index (κ3) is 6.46. The van der Waals surface area contributed by atoms with E-state index in [9.17, 15) is 14.4 Å². The molecular formula is C21H26N4O4. The number of rotatable bonds is 6. The number of benzene rings is 1. The predicted molar refractivity (Wildman–Crippen MR) is 109 cm³/mol. The van der Waals surface area contributed by atoms with Gasteiger partial charge in [-0.2, -0.15) is 0 Å². The predicted octanol–water partition coefficient (Wildman–Crippen LogP) is 2.20. The van der Waals surface area contributed by atoms with Crippen LogP contribution in [0.1, 0.15) is 25.5 Å². The van der Waals surface area contributed by atoms with E-state index < -0.39 is 11.8 Å². The zero-order valence-corrected chi connectivity index (χ0v) is 16.4. The Morgan fingerprint density at radius 1 is 1.03 bits per heavy atom. The Kier molecular flexibility index (Phi) is 7.02. The smallest absolute Gasteiger partial charge is 0.313 e. The van der Waals surface area contributed by atoms with Gasteiger partial charge in [-0.3, -0.25) is 19.3 Å². The number of likely N-dealkylation sites (tertiary alicyclic amines) is 1. The molecule has 3 amide bonds. The van der Waals surface area contributed by atoms with Crippen LogP contribution in [0, 0.1) is 5.92 Å². The minimum atomic E-state index is -0.722. The topological polar surface area (TPSA) is 104 Å². The van der Waals surface area contributed by atoms with Crippen molar-refractivity contribution < 1.29 is 18.8 Å². The molecule has 2 aromatic rings. The van der Waals surface area contributed by atoms with Crippen LogP contribution in [0.25, 0.3) is 0 Å². The summed E-state index contributed by atoms with van der Waals surface area (Å²) in [6.45, 7) is 4.55. The first-order valence-electron chi connectivity index (χ1n) is 9.71. The van der Waals surface area contributed by atoms with E-state index in [2.05, 4.69) is 20.9 Å². The summed E-state index contributed by atoms with van der Waals surface area (Å²) in [7, 11) is 0. The second-order valence-electron chi connectivity index (χ2n) is 7.23. The molecule has 8 heteroatoms. The zero-order chi connectivity index (χ0) is 20.6. The van der Waals surface area contributed by atoms with Crippen LogP contribution in [-0.2, 0) is 20.9 Å². The van der Waals surface area contributed by atoms with Gasteiger partial charge in [0, 0.05) is 24.8 Å². The molecule has 0 radical (unpaired) electrons. The Morgan fingerprint density at radius 3 is 2.41 bits per heavy atom. The molecule has 3 rings (SSSR count). The average Bonchev–Trinajstić information content (AvgIpc) is 3.20. The lowest BCUT2D eigenvalue weighted by molar-refractivity contribution is -0.136. The standard InChI is InChI=1S/C21H26N4O4/c1-15(26)23-17-4-2-5-18(12-17)24-21(28)20(27)22-13-16-7-9-25(10-8-16)14-19-6-3-11-29-19/h2-6,11-12,16H,7-10,13-14H2,1H3,(H,22,27)(H,23,26)(H,24,28). The molecule has 1 aliphatic rings. The van der Waals surface area contributed by atoms with Gasteiger partial charge in [0.25, 0.3) is 0 Å². The van der Waals surface area contributed by atoms with Gasteiger partial charge < -0.3 is 20.4 Å². The van der Waals surface area contributed by atoms with Crippen molar-refractivity contribution in [3.8, 4) is 0 Å². The number of amides is 3. The van der Waals surface area contributed by atoms with Gasteiger partial charge in [-0.15, -0.1) is 0 Å². The van der Waals surface area contributed by atoms with Crippen molar-refractivity contribution >= 4 is 29.1 Å². The van der Waals surface area contributed by atoms with Crippen LogP contribution in [0.4, 0.5) is 11.4 Å². The van der Waals surface area contributed by atoms with Gasteiger partial charge in [0.2, 0.25) is 5.91 Å². The Hall–Kier alpha value is -3.13. The maximum absolute atomic E-state index is 12.1. The highest BCUT2D eigenvalue weighted by Crippen LogP contribution is 2.19. The highest BCUT2D eigenvalue weighted by molar-refractivity contribution is 6.39. The maximum atomic E-state index is 12.1. The summed E-state index contributed by atoms with van der Waals surface area (Å²) in [4.78, 5) is 37.7. The first kappa shape index (κ1) is 20.6. The van der Waals surface area contributed by atoms with E-state index >= 15 is 0 Å². The highest BCUT2D eigenvalue weighted by Gasteiger charge is 2.22.